The third-order valence-corrected chi connectivity index (χ3v) is 4.84. The SMILES string of the molecule is COc1ccc(-n2c(C)cc(C(=O)N3CCC[C@@H]3CO)c2C)cc1. The van der Waals surface area contributed by atoms with Gasteiger partial charge in [0.25, 0.3) is 5.91 Å². The number of rotatable bonds is 4. The molecule has 5 heteroatoms. The van der Waals surface area contributed by atoms with Crippen molar-refractivity contribution >= 4 is 5.91 Å². The molecule has 128 valence electrons. The second-order valence-corrected chi connectivity index (χ2v) is 6.30. The second kappa shape index (κ2) is 6.69. The smallest absolute Gasteiger partial charge is 0.256 e. The van der Waals surface area contributed by atoms with E-state index in [1.54, 1.807) is 12.0 Å². The van der Waals surface area contributed by atoms with Crippen LogP contribution in [0.1, 0.15) is 34.6 Å². The lowest BCUT2D eigenvalue weighted by Crippen LogP contribution is -2.37. The lowest BCUT2D eigenvalue weighted by atomic mass is 10.2. The summed E-state index contributed by atoms with van der Waals surface area (Å²) in [5.41, 5.74) is 3.65. The van der Waals surface area contributed by atoms with E-state index in [1.165, 1.54) is 0 Å². The number of methoxy groups -OCH3 is 1. The maximum atomic E-state index is 12.9. The first-order valence-electron chi connectivity index (χ1n) is 8.32. The topological polar surface area (TPSA) is 54.7 Å². The second-order valence-electron chi connectivity index (χ2n) is 6.30. The molecule has 0 saturated carbocycles. The number of amides is 1. The molecule has 0 spiro atoms. The lowest BCUT2D eigenvalue weighted by molar-refractivity contribution is 0.0677. The first kappa shape index (κ1) is 16.6. The molecule has 24 heavy (non-hydrogen) atoms. The normalized spacial score (nSPS) is 17.3. The van der Waals surface area contributed by atoms with Crippen molar-refractivity contribution < 1.29 is 14.6 Å². The molecule has 5 nitrogen and oxygen atoms in total. The number of hydrogen-bond donors (Lipinski definition) is 1. The third-order valence-electron chi connectivity index (χ3n) is 4.84. The number of benzene rings is 1. The van der Waals surface area contributed by atoms with E-state index in [0.29, 0.717) is 5.56 Å². The molecule has 1 atom stereocenters. The van der Waals surface area contributed by atoms with E-state index in [9.17, 15) is 9.90 Å². The number of hydrogen-bond acceptors (Lipinski definition) is 3. The van der Waals surface area contributed by atoms with Gasteiger partial charge in [-0.05, 0) is 57.0 Å². The monoisotopic (exact) mass is 328 g/mol. The molecule has 1 saturated heterocycles. The number of ether oxygens (including phenoxy) is 1. The molecule has 1 aliphatic rings. The highest BCUT2D eigenvalue weighted by molar-refractivity contribution is 5.96. The zero-order chi connectivity index (χ0) is 17.3. The van der Waals surface area contributed by atoms with Crippen LogP contribution in [0.5, 0.6) is 5.75 Å². The molecule has 1 aromatic heterocycles. The number of carbonyl (C=O) groups is 1. The van der Waals surface area contributed by atoms with Crippen LogP contribution in [0.2, 0.25) is 0 Å². The average molecular weight is 328 g/mol. The predicted octanol–water partition coefficient (Wildman–Crippen LogP) is 2.70. The van der Waals surface area contributed by atoms with Gasteiger partial charge in [0.2, 0.25) is 0 Å². The zero-order valence-electron chi connectivity index (χ0n) is 14.5. The lowest BCUT2D eigenvalue weighted by Gasteiger charge is -2.23. The number of likely N-dealkylation sites (tertiary alicyclic amines) is 1. The highest BCUT2D eigenvalue weighted by atomic mass is 16.5. The molecule has 1 fully saturated rings. The number of aliphatic hydroxyl groups excluding tert-OH is 1. The fraction of sp³-hybridized carbons (Fsp3) is 0.421. The Morgan fingerprint density at radius 2 is 2.00 bits per heavy atom. The molecular weight excluding hydrogens is 304 g/mol. The van der Waals surface area contributed by atoms with Gasteiger partial charge in [0.1, 0.15) is 5.75 Å². The maximum Gasteiger partial charge on any atom is 0.256 e. The number of carbonyl (C=O) groups excluding carboxylic acids is 1. The molecule has 2 heterocycles. The molecule has 1 amide bonds. The molecule has 1 N–H and O–H groups in total. The van der Waals surface area contributed by atoms with E-state index < -0.39 is 0 Å². The highest BCUT2D eigenvalue weighted by Gasteiger charge is 2.30. The Labute approximate surface area is 142 Å². The number of aromatic nitrogens is 1. The van der Waals surface area contributed by atoms with Crippen molar-refractivity contribution in [2.24, 2.45) is 0 Å². The van der Waals surface area contributed by atoms with E-state index >= 15 is 0 Å². The molecular formula is C19H24N2O3. The predicted molar refractivity (Wildman–Crippen MR) is 92.9 cm³/mol. The Balaban J connectivity index is 1.95. The zero-order valence-corrected chi connectivity index (χ0v) is 14.5. The largest absolute Gasteiger partial charge is 0.497 e. The molecule has 1 aliphatic heterocycles. The Bertz CT molecular complexity index is 734. The highest BCUT2D eigenvalue weighted by Crippen LogP contribution is 2.26. The van der Waals surface area contributed by atoms with Gasteiger partial charge in [-0.3, -0.25) is 4.79 Å². The summed E-state index contributed by atoms with van der Waals surface area (Å²) in [6.45, 7) is 4.72. The minimum Gasteiger partial charge on any atom is -0.497 e. The molecule has 0 aliphatic carbocycles. The van der Waals surface area contributed by atoms with Crippen LogP contribution in [0.25, 0.3) is 5.69 Å². The van der Waals surface area contributed by atoms with Gasteiger partial charge in [0.15, 0.2) is 0 Å². The third kappa shape index (κ3) is 2.80. The summed E-state index contributed by atoms with van der Waals surface area (Å²) in [4.78, 5) is 14.7. The van der Waals surface area contributed by atoms with E-state index in [0.717, 1.165) is 42.2 Å². The van der Waals surface area contributed by atoms with Crippen LogP contribution < -0.4 is 4.74 Å². The van der Waals surface area contributed by atoms with Gasteiger partial charge in [0, 0.05) is 23.6 Å². The van der Waals surface area contributed by atoms with E-state index in [4.69, 9.17) is 4.74 Å². The van der Waals surface area contributed by atoms with Crippen LogP contribution in [0.15, 0.2) is 30.3 Å². The first-order chi connectivity index (χ1) is 11.6. The van der Waals surface area contributed by atoms with Gasteiger partial charge in [-0.25, -0.2) is 0 Å². The fourth-order valence-electron chi connectivity index (χ4n) is 3.56. The van der Waals surface area contributed by atoms with Crippen LogP contribution >= 0.6 is 0 Å². The van der Waals surface area contributed by atoms with Gasteiger partial charge in [-0.15, -0.1) is 0 Å². The summed E-state index contributed by atoms with van der Waals surface area (Å²) in [6.07, 6.45) is 1.83. The van der Waals surface area contributed by atoms with Crippen molar-refractivity contribution in [3.05, 3.63) is 47.3 Å². The van der Waals surface area contributed by atoms with Gasteiger partial charge in [-0.1, -0.05) is 0 Å². The Morgan fingerprint density at radius 3 is 2.62 bits per heavy atom. The molecule has 2 aromatic rings. The minimum atomic E-state index is -0.0541. The van der Waals surface area contributed by atoms with Crippen molar-refractivity contribution in [3.8, 4) is 11.4 Å². The summed E-state index contributed by atoms with van der Waals surface area (Å²) in [5, 5.41) is 9.48. The van der Waals surface area contributed by atoms with E-state index in [-0.39, 0.29) is 18.6 Å². The van der Waals surface area contributed by atoms with Crippen LogP contribution in [-0.2, 0) is 0 Å². The van der Waals surface area contributed by atoms with Crippen molar-refractivity contribution in [1.82, 2.24) is 9.47 Å². The van der Waals surface area contributed by atoms with Crippen molar-refractivity contribution in [1.29, 1.82) is 0 Å². The van der Waals surface area contributed by atoms with Crippen LogP contribution in [0.3, 0.4) is 0 Å². The van der Waals surface area contributed by atoms with Crippen molar-refractivity contribution in [2.45, 2.75) is 32.7 Å². The van der Waals surface area contributed by atoms with E-state index in [2.05, 4.69) is 4.57 Å². The number of nitrogens with zero attached hydrogens (tertiary/aromatic N) is 2. The molecule has 3 rings (SSSR count). The molecule has 0 radical (unpaired) electrons. The van der Waals surface area contributed by atoms with Gasteiger partial charge < -0.3 is 19.3 Å². The average Bonchev–Trinajstić information content (AvgIpc) is 3.19. The summed E-state index contributed by atoms with van der Waals surface area (Å²) >= 11 is 0. The first-order valence-corrected chi connectivity index (χ1v) is 8.32. The number of aryl methyl sites for hydroxylation is 1. The standard InChI is InChI=1S/C19H24N2O3/c1-13-11-18(19(23)20-10-4-5-16(20)12-22)14(2)21(13)15-6-8-17(24-3)9-7-15/h6-9,11,16,22H,4-5,10,12H2,1-3H3/t16-/m1/s1. The quantitative estimate of drug-likeness (QED) is 0.939. The summed E-state index contributed by atoms with van der Waals surface area (Å²) in [6, 6.07) is 9.69. The number of aliphatic hydroxyl groups is 1. The fourth-order valence-corrected chi connectivity index (χ4v) is 3.56. The summed E-state index contributed by atoms with van der Waals surface area (Å²) in [7, 11) is 1.64. The summed E-state index contributed by atoms with van der Waals surface area (Å²) in [5.74, 6) is 0.819. The summed E-state index contributed by atoms with van der Waals surface area (Å²) < 4.78 is 7.29. The Morgan fingerprint density at radius 1 is 1.29 bits per heavy atom. The van der Waals surface area contributed by atoms with Crippen LogP contribution in [-0.4, -0.2) is 46.8 Å². The van der Waals surface area contributed by atoms with Crippen LogP contribution in [0, 0.1) is 13.8 Å². The minimum absolute atomic E-state index is 0.0133. The van der Waals surface area contributed by atoms with Gasteiger partial charge in [-0.2, -0.15) is 0 Å². The Hall–Kier alpha value is -2.27. The van der Waals surface area contributed by atoms with Crippen molar-refractivity contribution in [3.63, 3.8) is 0 Å². The molecule has 0 bridgehead atoms. The molecule has 0 unspecified atom stereocenters. The van der Waals surface area contributed by atoms with Crippen molar-refractivity contribution in [2.75, 3.05) is 20.3 Å². The van der Waals surface area contributed by atoms with E-state index in [1.807, 2.05) is 44.2 Å². The van der Waals surface area contributed by atoms with Gasteiger partial charge >= 0.3 is 0 Å². The maximum absolute atomic E-state index is 12.9. The van der Waals surface area contributed by atoms with Gasteiger partial charge in [0.05, 0.1) is 25.3 Å². The van der Waals surface area contributed by atoms with Crippen LogP contribution in [0.4, 0.5) is 0 Å². The molecule has 1 aromatic carbocycles. The Kier molecular flexibility index (Phi) is 4.62.